The second-order valence-corrected chi connectivity index (χ2v) is 6.43. The van der Waals surface area contributed by atoms with Crippen molar-refractivity contribution in [2.24, 2.45) is 5.92 Å². The summed E-state index contributed by atoms with van der Waals surface area (Å²) in [6, 6.07) is 0.189. The molecule has 0 bridgehead atoms. The van der Waals surface area contributed by atoms with Gasteiger partial charge in [-0.05, 0) is 30.9 Å². The maximum absolute atomic E-state index is 11.8. The molecule has 0 spiro atoms. The van der Waals surface area contributed by atoms with Crippen molar-refractivity contribution in [3.8, 4) is 0 Å². The topological polar surface area (TPSA) is 49.3 Å². The minimum Gasteiger partial charge on any atom is -0.396 e. The molecular weight excluding hydrogens is 246 g/mol. The van der Waals surface area contributed by atoms with Crippen LogP contribution >= 0.6 is 11.8 Å². The Bertz CT molecular complexity index is 230. The highest BCUT2D eigenvalue weighted by molar-refractivity contribution is 7.99. The first-order valence-electron chi connectivity index (χ1n) is 7.26. The highest BCUT2D eigenvalue weighted by Crippen LogP contribution is 2.27. The van der Waals surface area contributed by atoms with Crippen molar-refractivity contribution in [2.75, 3.05) is 18.1 Å². The van der Waals surface area contributed by atoms with Gasteiger partial charge in [0.2, 0.25) is 5.91 Å². The average Bonchev–Trinajstić information content (AvgIpc) is 2.39. The van der Waals surface area contributed by atoms with Crippen LogP contribution in [0.4, 0.5) is 0 Å². The van der Waals surface area contributed by atoms with Gasteiger partial charge in [0.1, 0.15) is 0 Å². The Morgan fingerprint density at radius 2 is 2.11 bits per heavy atom. The first kappa shape index (κ1) is 15.8. The Morgan fingerprint density at radius 1 is 1.39 bits per heavy atom. The molecular formula is C14H27NO2S. The number of amides is 1. The van der Waals surface area contributed by atoms with E-state index in [9.17, 15) is 4.79 Å². The molecule has 0 aromatic heterocycles. The Balaban J connectivity index is 2.33. The number of carbonyl (C=O) groups is 1. The van der Waals surface area contributed by atoms with Crippen LogP contribution in [0, 0.1) is 5.92 Å². The second-order valence-electron chi connectivity index (χ2n) is 5.03. The SMILES string of the molecule is CCSCCC(=O)NC(CCO)C1CCCCC1. The van der Waals surface area contributed by atoms with Crippen LogP contribution in [0.2, 0.25) is 0 Å². The van der Waals surface area contributed by atoms with E-state index in [1.807, 2.05) is 0 Å². The molecule has 1 amide bonds. The zero-order chi connectivity index (χ0) is 13.2. The summed E-state index contributed by atoms with van der Waals surface area (Å²) in [7, 11) is 0. The van der Waals surface area contributed by atoms with Gasteiger partial charge in [0.15, 0.2) is 0 Å². The van der Waals surface area contributed by atoms with Crippen LogP contribution in [-0.4, -0.2) is 35.2 Å². The fourth-order valence-corrected chi connectivity index (χ4v) is 3.31. The predicted octanol–water partition coefficient (Wildman–Crippen LogP) is 2.58. The minimum atomic E-state index is 0.153. The summed E-state index contributed by atoms with van der Waals surface area (Å²) < 4.78 is 0. The van der Waals surface area contributed by atoms with E-state index in [-0.39, 0.29) is 18.6 Å². The molecule has 0 radical (unpaired) electrons. The van der Waals surface area contributed by atoms with Gasteiger partial charge < -0.3 is 10.4 Å². The quantitative estimate of drug-likeness (QED) is 0.668. The lowest BCUT2D eigenvalue weighted by Crippen LogP contribution is -2.41. The summed E-state index contributed by atoms with van der Waals surface area (Å²) >= 11 is 1.80. The highest BCUT2D eigenvalue weighted by Gasteiger charge is 2.24. The summed E-state index contributed by atoms with van der Waals surface area (Å²) in [5.74, 6) is 2.70. The summed E-state index contributed by atoms with van der Waals surface area (Å²) in [5, 5.41) is 12.3. The number of hydrogen-bond donors (Lipinski definition) is 2. The standard InChI is InChI=1S/C14H27NO2S/c1-2-18-11-9-14(17)15-13(8-10-16)12-6-4-3-5-7-12/h12-13,16H,2-11H2,1H3,(H,15,17). The molecule has 1 aliphatic carbocycles. The van der Waals surface area contributed by atoms with Gasteiger partial charge in [-0.3, -0.25) is 4.79 Å². The third kappa shape index (κ3) is 6.10. The van der Waals surface area contributed by atoms with Crippen LogP contribution in [0.3, 0.4) is 0 Å². The number of aliphatic hydroxyl groups excluding tert-OH is 1. The molecule has 1 unspecified atom stereocenters. The zero-order valence-electron chi connectivity index (χ0n) is 11.5. The fourth-order valence-electron chi connectivity index (χ4n) is 2.69. The summed E-state index contributed by atoms with van der Waals surface area (Å²) in [5.41, 5.74) is 0. The molecule has 1 aliphatic rings. The Kier molecular flexibility index (Phi) is 8.51. The maximum atomic E-state index is 11.8. The molecule has 1 fully saturated rings. The molecule has 0 aromatic carbocycles. The van der Waals surface area contributed by atoms with E-state index in [1.165, 1.54) is 32.1 Å². The summed E-state index contributed by atoms with van der Waals surface area (Å²) in [6.45, 7) is 2.28. The van der Waals surface area contributed by atoms with E-state index >= 15 is 0 Å². The van der Waals surface area contributed by atoms with Crippen molar-refractivity contribution in [3.05, 3.63) is 0 Å². The van der Waals surface area contributed by atoms with E-state index in [0.717, 1.165) is 11.5 Å². The van der Waals surface area contributed by atoms with E-state index < -0.39 is 0 Å². The normalized spacial score (nSPS) is 18.6. The van der Waals surface area contributed by atoms with Crippen LogP contribution in [0.15, 0.2) is 0 Å². The van der Waals surface area contributed by atoms with Crippen LogP contribution in [-0.2, 0) is 4.79 Å². The van der Waals surface area contributed by atoms with E-state index in [0.29, 0.717) is 18.8 Å². The first-order valence-corrected chi connectivity index (χ1v) is 8.41. The first-order chi connectivity index (χ1) is 8.77. The molecule has 0 aromatic rings. The van der Waals surface area contributed by atoms with Gasteiger partial charge in [0.05, 0.1) is 0 Å². The van der Waals surface area contributed by atoms with Crippen LogP contribution in [0.1, 0.15) is 51.9 Å². The third-order valence-electron chi connectivity index (χ3n) is 3.68. The number of aliphatic hydroxyl groups is 1. The molecule has 2 N–H and O–H groups in total. The zero-order valence-corrected chi connectivity index (χ0v) is 12.3. The van der Waals surface area contributed by atoms with Gasteiger partial charge in [-0.15, -0.1) is 0 Å². The number of nitrogens with one attached hydrogen (secondary N) is 1. The van der Waals surface area contributed by atoms with Crippen molar-refractivity contribution >= 4 is 17.7 Å². The van der Waals surface area contributed by atoms with Gasteiger partial charge >= 0.3 is 0 Å². The summed E-state index contributed by atoms with van der Waals surface area (Å²) in [4.78, 5) is 11.8. The van der Waals surface area contributed by atoms with Crippen LogP contribution in [0.5, 0.6) is 0 Å². The number of rotatable bonds is 8. The monoisotopic (exact) mass is 273 g/mol. The average molecular weight is 273 g/mol. The Labute approximate surface area is 115 Å². The Hall–Kier alpha value is -0.220. The van der Waals surface area contributed by atoms with Crippen molar-refractivity contribution in [1.82, 2.24) is 5.32 Å². The van der Waals surface area contributed by atoms with Crippen molar-refractivity contribution in [2.45, 2.75) is 57.9 Å². The molecule has 1 atom stereocenters. The molecule has 18 heavy (non-hydrogen) atoms. The lowest BCUT2D eigenvalue weighted by atomic mass is 9.82. The molecule has 4 heteroatoms. The van der Waals surface area contributed by atoms with Gasteiger partial charge in [0.25, 0.3) is 0 Å². The lowest BCUT2D eigenvalue weighted by Gasteiger charge is -2.30. The van der Waals surface area contributed by atoms with Crippen molar-refractivity contribution < 1.29 is 9.90 Å². The number of thioether (sulfide) groups is 1. The predicted molar refractivity (Wildman–Crippen MR) is 77.8 cm³/mol. The molecule has 0 saturated heterocycles. The van der Waals surface area contributed by atoms with Crippen LogP contribution < -0.4 is 5.32 Å². The maximum Gasteiger partial charge on any atom is 0.221 e. The number of hydrogen-bond acceptors (Lipinski definition) is 3. The third-order valence-corrected chi connectivity index (χ3v) is 4.58. The Morgan fingerprint density at radius 3 is 2.72 bits per heavy atom. The number of carbonyl (C=O) groups excluding carboxylic acids is 1. The van der Waals surface area contributed by atoms with E-state index in [1.54, 1.807) is 11.8 Å². The van der Waals surface area contributed by atoms with Gasteiger partial charge in [0, 0.05) is 24.8 Å². The highest BCUT2D eigenvalue weighted by atomic mass is 32.2. The summed E-state index contributed by atoms with van der Waals surface area (Å²) in [6.07, 6.45) is 7.58. The second kappa shape index (κ2) is 9.68. The molecule has 106 valence electrons. The molecule has 0 aliphatic heterocycles. The van der Waals surface area contributed by atoms with E-state index in [4.69, 9.17) is 5.11 Å². The largest absolute Gasteiger partial charge is 0.396 e. The minimum absolute atomic E-state index is 0.153. The van der Waals surface area contributed by atoms with Gasteiger partial charge in [-0.1, -0.05) is 26.2 Å². The molecule has 1 rings (SSSR count). The van der Waals surface area contributed by atoms with Gasteiger partial charge in [-0.25, -0.2) is 0 Å². The van der Waals surface area contributed by atoms with Gasteiger partial charge in [-0.2, -0.15) is 11.8 Å². The van der Waals surface area contributed by atoms with Crippen LogP contribution in [0.25, 0.3) is 0 Å². The van der Waals surface area contributed by atoms with Crippen molar-refractivity contribution in [3.63, 3.8) is 0 Å². The van der Waals surface area contributed by atoms with E-state index in [2.05, 4.69) is 12.2 Å². The van der Waals surface area contributed by atoms with Crippen molar-refractivity contribution in [1.29, 1.82) is 0 Å². The fraction of sp³-hybridized carbons (Fsp3) is 0.929. The molecule has 1 saturated carbocycles. The lowest BCUT2D eigenvalue weighted by molar-refractivity contribution is -0.122. The molecule has 3 nitrogen and oxygen atoms in total. The molecule has 0 heterocycles. The smallest absolute Gasteiger partial charge is 0.221 e.